The smallest absolute Gasteiger partial charge is 0.239 e. The number of nitrogens with zero attached hydrogens (tertiary/aromatic N) is 1. The maximum absolute atomic E-state index is 7.51. The largest absolute Gasteiger partial charge is 0.474 e. The summed E-state index contributed by atoms with van der Waals surface area (Å²) >= 11 is 5.96. The first-order chi connectivity index (χ1) is 7.54. The summed E-state index contributed by atoms with van der Waals surface area (Å²) in [4.78, 5) is 8.82. The molecule has 1 aromatic heterocycles. The van der Waals surface area contributed by atoms with Crippen LogP contribution in [0.3, 0.4) is 0 Å². The molecule has 0 amide bonds. The Balaban J connectivity index is 2.86. The van der Waals surface area contributed by atoms with Crippen molar-refractivity contribution in [3.8, 4) is 5.88 Å². The Morgan fingerprint density at radius 3 is 2.75 bits per heavy atom. The first kappa shape index (κ1) is 12.7. The SMILES string of the molecule is CNOC(=N)c1cnc(OC(C)C)c(Cl)c1. The molecule has 5 nitrogen and oxygen atoms in total. The van der Waals surface area contributed by atoms with E-state index in [9.17, 15) is 0 Å². The Morgan fingerprint density at radius 2 is 2.25 bits per heavy atom. The van der Waals surface area contributed by atoms with Gasteiger partial charge in [0.2, 0.25) is 11.8 Å². The Labute approximate surface area is 99.2 Å². The van der Waals surface area contributed by atoms with Crippen LogP contribution in [0.15, 0.2) is 12.3 Å². The summed E-state index contributed by atoms with van der Waals surface area (Å²) in [6.45, 7) is 3.77. The molecule has 16 heavy (non-hydrogen) atoms. The highest BCUT2D eigenvalue weighted by Crippen LogP contribution is 2.23. The van der Waals surface area contributed by atoms with Crippen LogP contribution in [0, 0.1) is 5.41 Å². The lowest BCUT2D eigenvalue weighted by Crippen LogP contribution is -2.15. The fourth-order valence-electron chi connectivity index (χ4n) is 1.02. The van der Waals surface area contributed by atoms with Gasteiger partial charge in [0.15, 0.2) is 0 Å². The van der Waals surface area contributed by atoms with Crippen LogP contribution in [-0.2, 0) is 4.84 Å². The standard InChI is InChI=1S/C10H14ClN3O2/c1-6(2)15-10-8(11)4-7(5-14-10)9(12)16-13-3/h4-6,12-13H,1-3H3. The summed E-state index contributed by atoms with van der Waals surface area (Å²) in [5, 5.41) is 7.87. The molecule has 1 heterocycles. The number of nitrogens with one attached hydrogen (secondary N) is 2. The summed E-state index contributed by atoms with van der Waals surface area (Å²) in [5.41, 5.74) is 2.89. The molecule has 0 spiro atoms. The van der Waals surface area contributed by atoms with E-state index in [1.807, 2.05) is 13.8 Å². The highest BCUT2D eigenvalue weighted by molar-refractivity contribution is 6.32. The lowest BCUT2D eigenvalue weighted by Gasteiger charge is -2.11. The normalized spacial score (nSPS) is 10.3. The number of pyridine rings is 1. The number of hydroxylamine groups is 1. The van der Waals surface area contributed by atoms with Gasteiger partial charge in [-0.15, -0.1) is 0 Å². The monoisotopic (exact) mass is 243 g/mol. The van der Waals surface area contributed by atoms with Gasteiger partial charge < -0.3 is 9.57 Å². The molecule has 0 aliphatic rings. The molecule has 2 N–H and O–H groups in total. The predicted molar refractivity (Wildman–Crippen MR) is 62.0 cm³/mol. The van der Waals surface area contributed by atoms with Gasteiger partial charge in [-0.2, -0.15) is 5.48 Å². The first-order valence-electron chi connectivity index (χ1n) is 4.79. The molecule has 88 valence electrons. The lowest BCUT2D eigenvalue weighted by molar-refractivity contribution is 0.207. The van der Waals surface area contributed by atoms with Crippen molar-refractivity contribution in [2.24, 2.45) is 0 Å². The van der Waals surface area contributed by atoms with Crippen LogP contribution in [0.5, 0.6) is 5.88 Å². The van der Waals surface area contributed by atoms with Crippen molar-refractivity contribution in [1.29, 1.82) is 5.41 Å². The molecular weight excluding hydrogens is 230 g/mol. The Kier molecular flexibility index (Phi) is 4.52. The highest BCUT2D eigenvalue weighted by Gasteiger charge is 2.10. The average molecular weight is 244 g/mol. The minimum Gasteiger partial charge on any atom is -0.474 e. The molecule has 0 unspecified atom stereocenters. The molecule has 0 saturated carbocycles. The maximum atomic E-state index is 7.51. The summed E-state index contributed by atoms with van der Waals surface area (Å²) in [7, 11) is 1.57. The third-order valence-corrected chi connectivity index (χ3v) is 1.89. The van der Waals surface area contributed by atoms with Gasteiger partial charge in [0.1, 0.15) is 5.02 Å². The van der Waals surface area contributed by atoms with E-state index in [-0.39, 0.29) is 12.0 Å². The number of halogens is 1. The number of hydrogen-bond donors (Lipinski definition) is 2. The van der Waals surface area contributed by atoms with Crippen molar-refractivity contribution in [2.45, 2.75) is 20.0 Å². The first-order valence-corrected chi connectivity index (χ1v) is 5.17. The summed E-state index contributed by atoms with van der Waals surface area (Å²) < 4.78 is 5.37. The third kappa shape index (κ3) is 3.36. The van der Waals surface area contributed by atoms with Crippen molar-refractivity contribution >= 4 is 17.5 Å². The zero-order chi connectivity index (χ0) is 12.1. The van der Waals surface area contributed by atoms with Crippen LogP contribution in [0.25, 0.3) is 0 Å². The van der Waals surface area contributed by atoms with Gasteiger partial charge >= 0.3 is 0 Å². The molecule has 0 atom stereocenters. The van der Waals surface area contributed by atoms with E-state index in [4.69, 9.17) is 26.6 Å². The van der Waals surface area contributed by atoms with Crippen LogP contribution >= 0.6 is 11.6 Å². The van der Waals surface area contributed by atoms with Gasteiger partial charge in [-0.05, 0) is 19.9 Å². The number of hydrogen-bond acceptors (Lipinski definition) is 5. The number of ether oxygens (including phenoxy) is 1. The summed E-state index contributed by atoms with van der Waals surface area (Å²) in [5.74, 6) is 0.311. The quantitative estimate of drug-likeness (QED) is 0.482. The molecule has 0 fully saturated rings. The third-order valence-electron chi connectivity index (χ3n) is 1.62. The summed E-state index contributed by atoms with van der Waals surface area (Å²) in [6, 6.07) is 1.58. The van der Waals surface area contributed by atoms with E-state index < -0.39 is 0 Å². The number of aromatic nitrogens is 1. The van der Waals surface area contributed by atoms with Crippen molar-refractivity contribution in [3.63, 3.8) is 0 Å². The fraction of sp³-hybridized carbons (Fsp3) is 0.400. The molecule has 0 aliphatic carbocycles. The maximum Gasteiger partial charge on any atom is 0.239 e. The van der Waals surface area contributed by atoms with Gasteiger partial charge in [-0.25, -0.2) is 4.98 Å². The predicted octanol–water partition coefficient (Wildman–Crippen LogP) is 2.00. The summed E-state index contributed by atoms with van der Waals surface area (Å²) in [6.07, 6.45) is 1.48. The van der Waals surface area contributed by atoms with Crippen molar-refractivity contribution in [1.82, 2.24) is 10.5 Å². The fourth-order valence-corrected chi connectivity index (χ4v) is 1.23. The van der Waals surface area contributed by atoms with E-state index in [0.717, 1.165) is 0 Å². The molecule has 0 saturated heterocycles. The number of rotatable bonds is 4. The highest BCUT2D eigenvalue weighted by atomic mass is 35.5. The molecule has 6 heteroatoms. The van der Waals surface area contributed by atoms with E-state index in [1.165, 1.54) is 6.20 Å². The van der Waals surface area contributed by atoms with Crippen LogP contribution < -0.4 is 10.2 Å². The van der Waals surface area contributed by atoms with Crippen LogP contribution in [-0.4, -0.2) is 24.0 Å². The minimum absolute atomic E-state index is 0.00357. The molecular formula is C10H14ClN3O2. The van der Waals surface area contributed by atoms with Gasteiger partial charge in [-0.1, -0.05) is 11.6 Å². The van der Waals surface area contributed by atoms with E-state index in [1.54, 1.807) is 13.1 Å². The van der Waals surface area contributed by atoms with Crippen LogP contribution in [0.4, 0.5) is 0 Å². The zero-order valence-electron chi connectivity index (χ0n) is 9.37. The molecule has 0 aromatic carbocycles. The zero-order valence-corrected chi connectivity index (χ0v) is 10.1. The van der Waals surface area contributed by atoms with Crippen molar-refractivity contribution in [2.75, 3.05) is 7.05 Å². The Hall–Kier alpha value is -1.33. The van der Waals surface area contributed by atoms with E-state index >= 15 is 0 Å². The Bertz CT molecular complexity index is 382. The molecule has 0 bridgehead atoms. The van der Waals surface area contributed by atoms with Gasteiger partial charge in [0.25, 0.3) is 0 Å². The molecule has 1 aromatic rings. The van der Waals surface area contributed by atoms with E-state index in [2.05, 4.69) is 10.5 Å². The second-order valence-corrected chi connectivity index (χ2v) is 3.72. The lowest BCUT2D eigenvalue weighted by atomic mass is 10.3. The van der Waals surface area contributed by atoms with Crippen molar-refractivity contribution < 1.29 is 9.57 Å². The minimum atomic E-state index is -0.0482. The molecule has 0 radical (unpaired) electrons. The second kappa shape index (κ2) is 5.67. The van der Waals surface area contributed by atoms with Gasteiger partial charge in [-0.3, -0.25) is 5.41 Å². The molecule has 0 aliphatic heterocycles. The van der Waals surface area contributed by atoms with Crippen LogP contribution in [0.1, 0.15) is 19.4 Å². The Morgan fingerprint density at radius 1 is 1.56 bits per heavy atom. The topological polar surface area (TPSA) is 67.2 Å². The van der Waals surface area contributed by atoms with Gasteiger partial charge in [0.05, 0.1) is 11.7 Å². The van der Waals surface area contributed by atoms with Crippen LogP contribution in [0.2, 0.25) is 5.02 Å². The average Bonchev–Trinajstić information content (AvgIpc) is 2.20. The van der Waals surface area contributed by atoms with Crippen molar-refractivity contribution in [3.05, 3.63) is 22.8 Å². The second-order valence-electron chi connectivity index (χ2n) is 3.31. The molecule has 1 rings (SSSR count). The van der Waals surface area contributed by atoms with E-state index in [0.29, 0.717) is 16.5 Å². The van der Waals surface area contributed by atoms with Gasteiger partial charge in [0, 0.05) is 13.2 Å².